The highest BCUT2D eigenvalue weighted by atomic mass is 32.1. The fourth-order valence-electron chi connectivity index (χ4n) is 2.04. The first-order chi connectivity index (χ1) is 6.84. The highest BCUT2D eigenvalue weighted by molar-refractivity contribution is 7.12. The van der Waals surface area contributed by atoms with Crippen LogP contribution in [0.25, 0.3) is 11.3 Å². The van der Waals surface area contributed by atoms with E-state index >= 15 is 0 Å². The van der Waals surface area contributed by atoms with Gasteiger partial charge in [0, 0.05) is 20.9 Å². The molecule has 0 N–H and O–H groups in total. The summed E-state index contributed by atoms with van der Waals surface area (Å²) >= 11 is 1.88. The van der Waals surface area contributed by atoms with E-state index in [-0.39, 0.29) is 0 Å². The number of fused-ring (bicyclic) bond motifs is 3. The van der Waals surface area contributed by atoms with Crippen molar-refractivity contribution in [2.75, 3.05) is 0 Å². The zero-order chi connectivity index (χ0) is 9.54. The first-order valence-corrected chi connectivity index (χ1v) is 5.69. The van der Waals surface area contributed by atoms with Gasteiger partial charge in [-0.15, -0.1) is 11.3 Å². The third-order valence-corrected chi connectivity index (χ3v) is 3.78. The first kappa shape index (κ1) is 8.24. The lowest BCUT2D eigenvalue weighted by Gasteiger charge is -1.93. The Morgan fingerprint density at radius 3 is 3.29 bits per heavy atom. The summed E-state index contributed by atoms with van der Waals surface area (Å²) < 4.78 is 5.33. The monoisotopic (exact) mass is 205 g/mol. The third kappa shape index (κ3) is 1.12. The van der Waals surface area contributed by atoms with E-state index in [9.17, 15) is 0 Å². The molecule has 0 radical (unpaired) electrons. The molecule has 0 unspecified atom stereocenters. The molecule has 0 spiro atoms. The maximum absolute atomic E-state index is 5.33. The van der Waals surface area contributed by atoms with Gasteiger partial charge >= 0.3 is 0 Å². The fourth-order valence-corrected chi connectivity index (χ4v) is 3.11. The van der Waals surface area contributed by atoms with E-state index in [1.807, 2.05) is 17.5 Å². The molecule has 0 saturated heterocycles. The molecule has 0 amide bonds. The van der Waals surface area contributed by atoms with E-state index in [1.54, 1.807) is 0 Å². The van der Waals surface area contributed by atoms with Crippen molar-refractivity contribution in [1.82, 2.24) is 5.16 Å². The molecule has 0 aliphatic heterocycles. The van der Waals surface area contributed by atoms with Crippen LogP contribution in [0.1, 0.15) is 21.7 Å². The Labute approximate surface area is 86.5 Å². The van der Waals surface area contributed by atoms with Gasteiger partial charge < -0.3 is 4.52 Å². The minimum Gasteiger partial charge on any atom is -0.356 e. The number of thiophene rings is 1. The fraction of sp³-hybridized carbons (Fsp3) is 0.364. The number of rotatable bonds is 0. The number of aromatic nitrogens is 1. The second-order valence-electron chi connectivity index (χ2n) is 3.73. The van der Waals surface area contributed by atoms with Gasteiger partial charge in [-0.3, -0.25) is 0 Å². The predicted octanol–water partition coefficient (Wildman–Crippen LogP) is 3.20. The van der Waals surface area contributed by atoms with Gasteiger partial charge in [0.15, 0.2) is 5.76 Å². The minimum absolute atomic E-state index is 1.00. The zero-order valence-corrected chi connectivity index (χ0v) is 8.86. The predicted molar refractivity (Wildman–Crippen MR) is 56.6 cm³/mol. The largest absolute Gasteiger partial charge is 0.356 e. The van der Waals surface area contributed by atoms with Crippen molar-refractivity contribution in [1.29, 1.82) is 0 Å². The highest BCUT2D eigenvalue weighted by Gasteiger charge is 2.19. The van der Waals surface area contributed by atoms with Crippen LogP contribution in [0.2, 0.25) is 0 Å². The molecule has 2 heterocycles. The lowest BCUT2D eigenvalue weighted by Crippen LogP contribution is -1.82. The minimum atomic E-state index is 1.00. The number of hydrogen-bond acceptors (Lipinski definition) is 3. The average Bonchev–Trinajstić information content (AvgIpc) is 2.70. The molecule has 14 heavy (non-hydrogen) atoms. The highest BCUT2D eigenvalue weighted by Crippen LogP contribution is 2.37. The molecule has 72 valence electrons. The molecule has 0 atom stereocenters. The van der Waals surface area contributed by atoms with Crippen molar-refractivity contribution >= 4 is 11.3 Å². The Balaban J connectivity index is 2.26. The van der Waals surface area contributed by atoms with Crippen LogP contribution in [0.5, 0.6) is 0 Å². The summed E-state index contributed by atoms with van der Waals surface area (Å²) in [5.74, 6) is 1.00. The summed E-state index contributed by atoms with van der Waals surface area (Å²) in [6.07, 6.45) is 5.34. The second kappa shape index (κ2) is 2.95. The maximum Gasteiger partial charge on any atom is 0.171 e. The van der Waals surface area contributed by atoms with Crippen LogP contribution in [-0.2, 0) is 12.8 Å². The average molecular weight is 205 g/mol. The van der Waals surface area contributed by atoms with Crippen LogP contribution < -0.4 is 0 Å². The third-order valence-electron chi connectivity index (χ3n) is 2.67. The molecule has 2 aromatic heterocycles. The van der Waals surface area contributed by atoms with Gasteiger partial charge in [-0.1, -0.05) is 5.16 Å². The number of nitrogens with zero attached hydrogens (tertiary/aromatic N) is 1. The van der Waals surface area contributed by atoms with E-state index in [1.165, 1.54) is 33.7 Å². The Bertz CT molecular complexity index is 469. The van der Waals surface area contributed by atoms with Crippen LogP contribution in [0.15, 0.2) is 16.8 Å². The van der Waals surface area contributed by atoms with Gasteiger partial charge in [-0.2, -0.15) is 0 Å². The van der Waals surface area contributed by atoms with E-state index in [0.29, 0.717) is 0 Å². The van der Waals surface area contributed by atoms with Crippen LogP contribution in [0.4, 0.5) is 0 Å². The summed E-state index contributed by atoms with van der Waals surface area (Å²) in [5.41, 5.74) is 2.54. The molecule has 0 aromatic carbocycles. The smallest absolute Gasteiger partial charge is 0.171 e. The van der Waals surface area contributed by atoms with Crippen molar-refractivity contribution in [3.05, 3.63) is 27.6 Å². The molecule has 3 rings (SSSR count). The van der Waals surface area contributed by atoms with Crippen molar-refractivity contribution in [2.24, 2.45) is 0 Å². The van der Waals surface area contributed by atoms with Crippen molar-refractivity contribution in [3.8, 4) is 11.3 Å². The molecule has 0 saturated carbocycles. The van der Waals surface area contributed by atoms with Crippen LogP contribution in [-0.4, -0.2) is 5.16 Å². The van der Waals surface area contributed by atoms with E-state index in [2.05, 4.69) is 18.1 Å². The van der Waals surface area contributed by atoms with Gasteiger partial charge in [0.25, 0.3) is 0 Å². The Kier molecular flexibility index (Phi) is 1.74. The topological polar surface area (TPSA) is 26.0 Å². The molecule has 2 aromatic rings. The number of hydrogen-bond donors (Lipinski definition) is 0. The molecular formula is C11H11NOS. The normalized spacial score (nSPS) is 14.6. The van der Waals surface area contributed by atoms with Crippen LogP contribution in [0.3, 0.4) is 0 Å². The Hall–Kier alpha value is -1.09. The maximum atomic E-state index is 5.33. The summed E-state index contributed by atoms with van der Waals surface area (Å²) in [6.45, 7) is 2.15. The zero-order valence-electron chi connectivity index (χ0n) is 8.04. The summed E-state index contributed by atoms with van der Waals surface area (Å²) in [7, 11) is 0. The molecule has 0 fully saturated rings. The first-order valence-electron chi connectivity index (χ1n) is 4.88. The Morgan fingerprint density at radius 2 is 2.36 bits per heavy atom. The van der Waals surface area contributed by atoms with E-state index in [0.717, 1.165) is 12.2 Å². The molecular weight excluding hydrogens is 194 g/mol. The number of aryl methyl sites for hydroxylation is 3. The summed E-state index contributed by atoms with van der Waals surface area (Å²) in [6, 6.07) is 2.22. The van der Waals surface area contributed by atoms with Crippen molar-refractivity contribution in [2.45, 2.75) is 26.2 Å². The molecule has 3 heteroatoms. The molecule has 1 aliphatic carbocycles. The standard InChI is InChI=1S/C11H11NOS/c1-7-5-9-10(14-7)4-2-3-8-6-12-13-11(8)9/h5-6H,2-4H2,1H3. The van der Waals surface area contributed by atoms with Gasteiger partial charge in [0.2, 0.25) is 0 Å². The lowest BCUT2D eigenvalue weighted by atomic mass is 10.1. The van der Waals surface area contributed by atoms with Gasteiger partial charge in [-0.05, 0) is 32.3 Å². The Morgan fingerprint density at radius 1 is 1.43 bits per heavy atom. The van der Waals surface area contributed by atoms with Gasteiger partial charge in [0.05, 0.1) is 6.20 Å². The molecule has 0 bridgehead atoms. The van der Waals surface area contributed by atoms with Crippen molar-refractivity contribution in [3.63, 3.8) is 0 Å². The van der Waals surface area contributed by atoms with Gasteiger partial charge in [-0.25, -0.2) is 0 Å². The van der Waals surface area contributed by atoms with Crippen molar-refractivity contribution < 1.29 is 4.52 Å². The van der Waals surface area contributed by atoms with Gasteiger partial charge in [0.1, 0.15) is 0 Å². The van der Waals surface area contributed by atoms with E-state index in [4.69, 9.17) is 4.52 Å². The molecule has 2 nitrogen and oxygen atoms in total. The quantitative estimate of drug-likeness (QED) is 0.660. The summed E-state index contributed by atoms with van der Waals surface area (Å²) in [5, 5.41) is 3.88. The summed E-state index contributed by atoms with van der Waals surface area (Å²) in [4.78, 5) is 2.82. The lowest BCUT2D eigenvalue weighted by molar-refractivity contribution is 0.432. The molecule has 1 aliphatic rings. The SMILES string of the molecule is Cc1cc2c(s1)CCCc1cnoc1-2. The second-order valence-corrected chi connectivity index (χ2v) is 5.07. The van der Waals surface area contributed by atoms with Crippen LogP contribution >= 0.6 is 11.3 Å². The van der Waals surface area contributed by atoms with Crippen LogP contribution in [0, 0.1) is 6.92 Å². The van der Waals surface area contributed by atoms with E-state index < -0.39 is 0 Å².